The Bertz CT molecular complexity index is 479. The maximum Gasteiger partial charge on any atom is 0.128 e. The molecular weight excluding hydrogens is 205 g/mol. The van der Waals surface area contributed by atoms with Crippen molar-refractivity contribution >= 4 is 5.82 Å². The molecule has 0 aliphatic carbocycles. The van der Waals surface area contributed by atoms with Crippen LogP contribution in [0, 0.1) is 5.82 Å². The number of benzene rings is 1. The molecule has 2 N–H and O–H groups in total. The van der Waals surface area contributed by atoms with E-state index in [0.717, 1.165) is 6.42 Å². The second-order valence-corrected chi connectivity index (χ2v) is 3.65. The molecule has 2 rings (SSSR count). The van der Waals surface area contributed by atoms with Crippen LogP contribution in [-0.4, -0.2) is 9.78 Å². The Morgan fingerprint density at radius 3 is 2.69 bits per heavy atom. The molecule has 4 heteroatoms. The average molecular weight is 219 g/mol. The first-order valence-corrected chi connectivity index (χ1v) is 5.27. The van der Waals surface area contributed by atoms with E-state index < -0.39 is 0 Å². The van der Waals surface area contributed by atoms with Gasteiger partial charge in [0.25, 0.3) is 0 Å². The average Bonchev–Trinajstić information content (AvgIpc) is 2.69. The molecule has 2 aromatic rings. The molecule has 84 valence electrons. The molecule has 0 amide bonds. The van der Waals surface area contributed by atoms with E-state index in [2.05, 4.69) is 5.10 Å². The van der Waals surface area contributed by atoms with Gasteiger partial charge in [0.2, 0.25) is 0 Å². The van der Waals surface area contributed by atoms with Gasteiger partial charge < -0.3 is 5.73 Å². The first kappa shape index (κ1) is 10.7. The predicted molar refractivity (Wildman–Crippen MR) is 61.5 cm³/mol. The number of rotatable bonds is 3. The molecule has 1 atom stereocenters. The highest BCUT2D eigenvalue weighted by Gasteiger charge is 2.17. The molecule has 1 heterocycles. The molecule has 1 unspecified atom stereocenters. The number of hydrogen-bond donors (Lipinski definition) is 1. The second-order valence-electron chi connectivity index (χ2n) is 3.65. The summed E-state index contributed by atoms with van der Waals surface area (Å²) in [6.45, 7) is 1.98. The van der Waals surface area contributed by atoms with Crippen LogP contribution in [-0.2, 0) is 0 Å². The van der Waals surface area contributed by atoms with E-state index in [0.29, 0.717) is 11.4 Å². The highest BCUT2D eigenvalue weighted by Crippen LogP contribution is 2.25. The number of nitrogens with two attached hydrogens (primary N) is 1. The van der Waals surface area contributed by atoms with E-state index in [1.165, 1.54) is 6.07 Å². The first-order chi connectivity index (χ1) is 7.74. The van der Waals surface area contributed by atoms with Crippen molar-refractivity contribution in [3.05, 3.63) is 47.9 Å². The van der Waals surface area contributed by atoms with E-state index in [9.17, 15) is 4.39 Å². The van der Waals surface area contributed by atoms with Crippen LogP contribution in [0.4, 0.5) is 10.2 Å². The summed E-state index contributed by atoms with van der Waals surface area (Å²) in [4.78, 5) is 0. The van der Waals surface area contributed by atoms with E-state index in [1.54, 1.807) is 29.1 Å². The highest BCUT2D eigenvalue weighted by molar-refractivity contribution is 5.31. The first-order valence-electron chi connectivity index (χ1n) is 5.27. The highest BCUT2D eigenvalue weighted by atomic mass is 19.1. The Balaban J connectivity index is 2.45. The van der Waals surface area contributed by atoms with Crippen LogP contribution in [0.3, 0.4) is 0 Å². The van der Waals surface area contributed by atoms with Gasteiger partial charge in [-0.2, -0.15) is 5.10 Å². The van der Waals surface area contributed by atoms with Crippen LogP contribution in [0.5, 0.6) is 0 Å². The molecule has 0 saturated heterocycles. The quantitative estimate of drug-likeness (QED) is 0.862. The summed E-state index contributed by atoms with van der Waals surface area (Å²) in [5.41, 5.74) is 6.41. The van der Waals surface area contributed by atoms with E-state index in [1.807, 2.05) is 13.0 Å². The standard InChI is InChI=1S/C12H14FN3/c1-2-11(16-12(14)7-8-15-16)9-5-3-4-6-10(9)13/h3-8,11H,2,14H2,1H3. The molecule has 1 aromatic heterocycles. The third kappa shape index (κ3) is 1.78. The number of aromatic nitrogens is 2. The van der Waals surface area contributed by atoms with Gasteiger partial charge in [-0.05, 0) is 18.6 Å². The minimum Gasteiger partial charge on any atom is -0.384 e. The topological polar surface area (TPSA) is 43.8 Å². The van der Waals surface area contributed by atoms with Crippen molar-refractivity contribution in [3.8, 4) is 0 Å². The fourth-order valence-electron chi connectivity index (χ4n) is 1.85. The second kappa shape index (κ2) is 4.35. The molecule has 0 saturated carbocycles. The number of nitrogens with zero attached hydrogens (tertiary/aromatic N) is 2. The molecule has 0 fully saturated rings. The number of hydrogen-bond acceptors (Lipinski definition) is 2. The van der Waals surface area contributed by atoms with E-state index >= 15 is 0 Å². The van der Waals surface area contributed by atoms with Crippen LogP contribution < -0.4 is 5.73 Å². The Morgan fingerprint density at radius 2 is 2.12 bits per heavy atom. The van der Waals surface area contributed by atoms with Crippen LogP contribution in [0.2, 0.25) is 0 Å². The van der Waals surface area contributed by atoms with Gasteiger partial charge in [-0.25, -0.2) is 9.07 Å². The van der Waals surface area contributed by atoms with Gasteiger partial charge in [-0.1, -0.05) is 25.1 Å². The third-order valence-electron chi connectivity index (χ3n) is 2.65. The lowest BCUT2D eigenvalue weighted by Crippen LogP contribution is -2.15. The fourth-order valence-corrected chi connectivity index (χ4v) is 1.85. The van der Waals surface area contributed by atoms with Crippen molar-refractivity contribution < 1.29 is 4.39 Å². The largest absolute Gasteiger partial charge is 0.384 e. The SMILES string of the molecule is CCC(c1ccccc1F)n1nccc1N. The van der Waals surface area contributed by atoms with Crippen molar-refractivity contribution in [2.75, 3.05) is 5.73 Å². The molecule has 0 radical (unpaired) electrons. The third-order valence-corrected chi connectivity index (χ3v) is 2.65. The van der Waals surface area contributed by atoms with Crippen LogP contribution in [0.25, 0.3) is 0 Å². The predicted octanol–water partition coefficient (Wildman–Crippen LogP) is 2.60. The monoisotopic (exact) mass is 219 g/mol. The van der Waals surface area contributed by atoms with Gasteiger partial charge in [0, 0.05) is 5.56 Å². The molecule has 16 heavy (non-hydrogen) atoms. The summed E-state index contributed by atoms with van der Waals surface area (Å²) in [5.74, 6) is 0.333. The molecule has 0 aliphatic rings. The van der Waals surface area contributed by atoms with Crippen molar-refractivity contribution in [2.24, 2.45) is 0 Å². The van der Waals surface area contributed by atoms with Crippen molar-refractivity contribution in [1.29, 1.82) is 0 Å². The Morgan fingerprint density at radius 1 is 1.38 bits per heavy atom. The van der Waals surface area contributed by atoms with Crippen LogP contribution in [0.15, 0.2) is 36.5 Å². The smallest absolute Gasteiger partial charge is 0.128 e. The number of anilines is 1. The maximum absolute atomic E-state index is 13.7. The van der Waals surface area contributed by atoms with Gasteiger partial charge in [0.1, 0.15) is 11.6 Å². The van der Waals surface area contributed by atoms with Crippen LogP contribution in [0.1, 0.15) is 24.9 Å². The molecular formula is C12H14FN3. The fraction of sp³-hybridized carbons (Fsp3) is 0.250. The molecule has 0 aliphatic heterocycles. The Hall–Kier alpha value is -1.84. The number of nitrogen functional groups attached to an aromatic ring is 1. The minimum atomic E-state index is -0.218. The lowest BCUT2D eigenvalue weighted by atomic mass is 10.0. The summed E-state index contributed by atoms with van der Waals surface area (Å²) in [7, 11) is 0. The molecule has 0 spiro atoms. The van der Waals surface area contributed by atoms with E-state index in [4.69, 9.17) is 5.73 Å². The molecule has 3 nitrogen and oxygen atoms in total. The van der Waals surface area contributed by atoms with Gasteiger partial charge in [-0.15, -0.1) is 0 Å². The summed E-state index contributed by atoms with van der Waals surface area (Å²) in [6.07, 6.45) is 2.37. The Kier molecular flexibility index (Phi) is 2.90. The van der Waals surface area contributed by atoms with Crippen molar-refractivity contribution in [1.82, 2.24) is 9.78 Å². The summed E-state index contributed by atoms with van der Waals surface area (Å²) >= 11 is 0. The summed E-state index contributed by atoms with van der Waals surface area (Å²) in [6, 6.07) is 8.29. The summed E-state index contributed by atoms with van der Waals surface area (Å²) < 4.78 is 15.3. The van der Waals surface area contributed by atoms with Gasteiger partial charge in [0.15, 0.2) is 0 Å². The zero-order valence-electron chi connectivity index (χ0n) is 9.10. The normalized spacial score (nSPS) is 12.6. The Labute approximate surface area is 93.7 Å². The number of halogens is 1. The summed E-state index contributed by atoms with van der Waals surface area (Å²) in [5, 5.41) is 4.13. The lowest BCUT2D eigenvalue weighted by Gasteiger charge is -2.18. The lowest BCUT2D eigenvalue weighted by molar-refractivity contribution is 0.485. The van der Waals surface area contributed by atoms with Gasteiger partial charge in [-0.3, -0.25) is 0 Å². The van der Waals surface area contributed by atoms with Crippen molar-refractivity contribution in [3.63, 3.8) is 0 Å². The molecule has 0 bridgehead atoms. The zero-order valence-corrected chi connectivity index (χ0v) is 9.10. The van der Waals surface area contributed by atoms with Gasteiger partial charge >= 0.3 is 0 Å². The molecule has 1 aromatic carbocycles. The minimum absolute atomic E-state index is 0.142. The maximum atomic E-state index is 13.7. The van der Waals surface area contributed by atoms with E-state index in [-0.39, 0.29) is 11.9 Å². The zero-order chi connectivity index (χ0) is 11.5. The van der Waals surface area contributed by atoms with Crippen LogP contribution >= 0.6 is 0 Å². The van der Waals surface area contributed by atoms with Crippen molar-refractivity contribution in [2.45, 2.75) is 19.4 Å². The van der Waals surface area contributed by atoms with Gasteiger partial charge in [0.05, 0.1) is 12.2 Å².